The van der Waals surface area contributed by atoms with Gasteiger partial charge in [-0.3, -0.25) is 9.59 Å². The van der Waals surface area contributed by atoms with Gasteiger partial charge in [-0.2, -0.15) is 0 Å². The number of carboxylic acids is 2. The summed E-state index contributed by atoms with van der Waals surface area (Å²) in [4.78, 5) is 46.3. The summed E-state index contributed by atoms with van der Waals surface area (Å²) in [7, 11) is 0. The summed E-state index contributed by atoms with van der Waals surface area (Å²) >= 11 is 0. The number of esters is 2. The molecule has 2 rings (SSSR count). The van der Waals surface area contributed by atoms with Gasteiger partial charge in [0.2, 0.25) is 0 Å². The minimum atomic E-state index is -1.35. The third-order valence-electron chi connectivity index (χ3n) is 11.5. The number of carbonyl (C=O) groups is 4. The second kappa shape index (κ2) is 44.3. The van der Waals surface area contributed by atoms with E-state index in [2.05, 4.69) is 13.8 Å². The molecule has 0 aliphatic rings. The average molecular weight is 1030 g/mol. The molecule has 0 aliphatic heterocycles. The summed E-state index contributed by atoms with van der Waals surface area (Å²) in [6, 6.07) is 18.7. The molecule has 0 spiro atoms. The van der Waals surface area contributed by atoms with Gasteiger partial charge in [-0.05, 0) is 36.8 Å². The van der Waals surface area contributed by atoms with Crippen LogP contribution >= 0.6 is 0 Å². The number of aliphatic carboxylic acids is 2. The maximum absolute atomic E-state index is 11.7. The van der Waals surface area contributed by atoms with E-state index in [9.17, 15) is 29.4 Å². The fourth-order valence-corrected chi connectivity index (χ4v) is 7.87. The first kappa shape index (κ1) is 62.8. The Labute approximate surface area is 434 Å². The maximum Gasteiger partial charge on any atom is 2.00 e. The van der Waals surface area contributed by atoms with Gasteiger partial charge in [0.05, 0.1) is 25.2 Å². The Morgan fingerprint density at radius 1 is 0.415 bits per heavy atom. The molecule has 0 aliphatic carbocycles. The van der Waals surface area contributed by atoms with Crippen molar-refractivity contribution in [3.8, 4) is 0 Å². The second-order valence-electron chi connectivity index (χ2n) is 17.4. The van der Waals surface area contributed by atoms with Gasteiger partial charge in [-0.15, -0.1) is 0 Å². The first-order valence-corrected chi connectivity index (χ1v) is 25.2. The van der Waals surface area contributed by atoms with Crippen molar-refractivity contribution in [3.05, 3.63) is 71.8 Å². The minimum absolute atomic E-state index is 0. The van der Waals surface area contributed by atoms with Crippen LogP contribution in [0.15, 0.2) is 60.7 Å². The van der Waals surface area contributed by atoms with Crippen LogP contribution in [-0.2, 0) is 51.3 Å². The van der Waals surface area contributed by atoms with Gasteiger partial charge >= 0.3 is 60.8 Å². The van der Waals surface area contributed by atoms with Crippen LogP contribution in [0.5, 0.6) is 0 Å². The van der Waals surface area contributed by atoms with Gasteiger partial charge in [0.25, 0.3) is 0 Å². The molecular weight excluding hydrogens is 946 g/mol. The maximum atomic E-state index is 11.7. The number of ether oxygens (including phenoxy) is 4. The molecule has 11 heteroatoms. The fraction of sp³-hybridized carbons (Fsp3) is 0.704. The molecular formula is C54H86BaO10. The summed E-state index contributed by atoms with van der Waals surface area (Å²) < 4.78 is 21.7. The Kier molecular flexibility index (Phi) is 42.8. The van der Waals surface area contributed by atoms with Crippen LogP contribution in [0.1, 0.15) is 219 Å². The third-order valence-corrected chi connectivity index (χ3v) is 11.5. The average Bonchev–Trinajstić information content (AvgIpc) is 3.27. The first-order chi connectivity index (χ1) is 31.1. The number of unbranched alkanes of at least 4 members (excludes halogenated alkanes) is 24. The number of hydrogen-bond acceptors (Lipinski definition) is 10. The van der Waals surface area contributed by atoms with Crippen LogP contribution in [0.25, 0.3) is 0 Å². The molecule has 0 N–H and O–H groups in total. The van der Waals surface area contributed by atoms with Crippen molar-refractivity contribution in [2.24, 2.45) is 0 Å². The molecule has 0 aromatic heterocycles. The summed E-state index contributed by atoms with van der Waals surface area (Å²) in [6.07, 6.45) is 29.0. The van der Waals surface area contributed by atoms with Crippen molar-refractivity contribution in [2.45, 2.75) is 245 Å². The van der Waals surface area contributed by atoms with E-state index in [1.165, 1.54) is 142 Å². The Morgan fingerprint density at radius 2 is 0.662 bits per heavy atom. The van der Waals surface area contributed by atoms with Gasteiger partial charge in [0.1, 0.15) is 24.4 Å². The topological polar surface area (TPSA) is 151 Å². The zero-order chi connectivity index (χ0) is 46.9. The number of hydrogen-bond donors (Lipinski definition) is 0. The number of benzene rings is 2. The fourth-order valence-electron chi connectivity index (χ4n) is 7.87. The molecule has 0 bridgehead atoms. The smallest absolute Gasteiger partial charge is 0.547 e. The molecule has 0 amide bonds. The molecule has 2 aromatic carbocycles. The number of rotatable bonds is 40. The Morgan fingerprint density at radius 3 is 0.892 bits per heavy atom. The summed E-state index contributed by atoms with van der Waals surface area (Å²) in [5.41, 5.74) is 1.72. The Bertz CT molecular complexity index is 1320. The molecule has 0 fully saturated rings. The molecule has 10 nitrogen and oxygen atoms in total. The van der Waals surface area contributed by atoms with Crippen LogP contribution in [0.4, 0.5) is 0 Å². The summed E-state index contributed by atoms with van der Waals surface area (Å²) in [6.45, 7) is 7.35. The largest absolute Gasteiger partial charge is 2.00 e. The van der Waals surface area contributed by atoms with Crippen molar-refractivity contribution in [2.75, 3.05) is 0 Å². The van der Waals surface area contributed by atoms with Gasteiger partial charge in [-0.25, -0.2) is 0 Å². The second-order valence-corrected chi connectivity index (χ2v) is 17.4. The van der Waals surface area contributed by atoms with E-state index < -0.39 is 48.3 Å². The first-order valence-electron chi connectivity index (χ1n) is 25.2. The van der Waals surface area contributed by atoms with E-state index in [1.807, 2.05) is 60.7 Å². The van der Waals surface area contributed by atoms with Crippen molar-refractivity contribution in [1.29, 1.82) is 0 Å². The van der Waals surface area contributed by atoms with Crippen molar-refractivity contribution in [1.82, 2.24) is 0 Å². The predicted octanol–water partition coefficient (Wildman–Crippen LogP) is 11.1. The monoisotopic (exact) mass is 1030 g/mol. The summed E-state index contributed by atoms with van der Waals surface area (Å²) in [5.74, 6) is -3.69. The van der Waals surface area contributed by atoms with Gasteiger partial charge in [0, 0.05) is 13.8 Å². The quantitative estimate of drug-likeness (QED) is 0.0358. The van der Waals surface area contributed by atoms with Crippen LogP contribution in [0.2, 0.25) is 0 Å². The third kappa shape index (κ3) is 36.5. The molecule has 2 aromatic rings. The van der Waals surface area contributed by atoms with Crippen LogP contribution in [0, 0.1) is 0 Å². The van der Waals surface area contributed by atoms with E-state index >= 15 is 0 Å². The molecule has 0 saturated heterocycles. The van der Waals surface area contributed by atoms with Crippen LogP contribution < -0.4 is 10.2 Å². The van der Waals surface area contributed by atoms with Gasteiger partial charge in [0.15, 0.2) is 0 Å². The molecule has 0 heterocycles. The van der Waals surface area contributed by atoms with Gasteiger partial charge < -0.3 is 38.7 Å². The zero-order valence-electron chi connectivity index (χ0n) is 41.1. The molecule has 0 radical (unpaired) electrons. The van der Waals surface area contributed by atoms with E-state index in [4.69, 9.17) is 18.9 Å². The standard InChI is InChI=1S/2C27H44O5.Ba/c2*1-3-4-5-6-7-8-9-10-11-12-13-14-18-21-25(32-23(2)28)26(27(29)30)31-22-24-19-16-15-17-20-24;/h2*15-17,19-20,25-26H,3-14,18,21-22H2,1-2H3,(H,29,30);/q;;+2/p-2. The van der Waals surface area contributed by atoms with Crippen molar-refractivity contribution < 1.29 is 48.3 Å². The van der Waals surface area contributed by atoms with Gasteiger partial charge in [-0.1, -0.05) is 229 Å². The summed E-state index contributed by atoms with van der Waals surface area (Å²) in [5, 5.41) is 23.3. The number of carboxylic acid groups (broad SMARTS) is 2. The normalized spacial score (nSPS) is 12.7. The van der Waals surface area contributed by atoms with E-state index in [0.717, 1.165) is 49.7 Å². The molecule has 65 heavy (non-hydrogen) atoms. The molecule has 364 valence electrons. The SMILES string of the molecule is CCCCCCCCCCCCCCCC(OC(C)=O)C(OCc1ccccc1)C(=O)[O-].CCCCCCCCCCCCCCCC(OC(C)=O)C(OCc1ccccc1)C(=O)[O-].[Ba+2]. The predicted molar refractivity (Wildman–Crippen MR) is 258 cm³/mol. The molecule has 4 atom stereocenters. The number of carbonyl (C=O) groups excluding carboxylic acids is 4. The molecule has 4 unspecified atom stereocenters. The van der Waals surface area contributed by atoms with Crippen LogP contribution in [0.3, 0.4) is 0 Å². The van der Waals surface area contributed by atoms with Crippen LogP contribution in [-0.4, -0.2) is 97.2 Å². The Balaban J connectivity index is 0.00000124. The van der Waals surface area contributed by atoms with Crippen molar-refractivity contribution in [3.63, 3.8) is 0 Å². The van der Waals surface area contributed by atoms with Crippen molar-refractivity contribution >= 4 is 72.8 Å². The van der Waals surface area contributed by atoms with E-state index in [0.29, 0.717) is 12.8 Å². The Hall–Kier alpha value is -2.19. The minimum Gasteiger partial charge on any atom is -0.547 e. The van der Waals surface area contributed by atoms with E-state index in [1.54, 1.807) is 0 Å². The molecule has 0 saturated carbocycles. The zero-order valence-corrected chi connectivity index (χ0v) is 45.5. The van der Waals surface area contributed by atoms with E-state index in [-0.39, 0.29) is 62.1 Å².